The number of rotatable bonds is 11. The van der Waals surface area contributed by atoms with Crippen LogP contribution in [0, 0.1) is 0 Å². The van der Waals surface area contributed by atoms with Crippen LogP contribution in [-0.2, 0) is 6.42 Å². The van der Waals surface area contributed by atoms with Crippen LogP contribution >= 0.6 is 0 Å². The Morgan fingerprint density at radius 1 is 0.415 bits per heavy atom. The molecule has 0 heterocycles. The maximum atomic E-state index is 4.54. The number of fused-ring (bicyclic) bond motifs is 1. The minimum absolute atomic E-state index is 0.807. The first kappa shape index (κ1) is 33.4. The number of para-hydroxylation sites is 1. The van der Waals surface area contributed by atoms with E-state index in [1.807, 2.05) is 36.5 Å². The molecule has 0 aliphatic rings. The molecule has 0 aliphatic carbocycles. The van der Waals surface area contributed by atoms with Gasteiger partial charge in [0.25, 0.3) is 0 Å². The van der Waals surface area contributed by atoms with Gasteiger partial charge in [-0.2, -0.15) is 0 Å². The van der Waals surface area contributed by atoms with Crippen LogP contribution in [0.4, 0.5) is 22.7 Å². The second-order valence-corrected chi connectivity index (χ2v) is 13.1. The van der Waals surface area contributed by atoms with Crippen molar-refractivity contribution in [3.05, 3.63) is 218 Å². The maximum Gasteiger partial charge on any atom is 0.0625 e. The average molecular weight is 681 g/mol. The molecule has 8 rings (SSSR count). The molecule has 0 unspecified atom stereocenters. The molecular formula is C51H40N2. The van der Waals surface area contributed by atoms with E-state index in [1.165, 1.54) is 49.7 Å². The number of hydrogen-bond donors (Lipinski definition) is 0. The van der Waals surface area contributed by atoms with E-state index in [0.717, 1.165) is 35.6 Å². The van der Waals surface area contributed by atoms with Crippen LogP contribution in [0.5, 0.6) is 0 Å². The van der Waals surface area contributed by atoms with Crippen molar-refractivity contribution >= 4 is 39.7 Å². The predicted molar refractivity (Wildman–Crippen MR) is 227 cm³/mol. The van der Waals surface area contributed by atoms with Gasteiger partial charge in [0, 0.05) is 29.4 Å². The standard InChI is InChI=1S/C51H40N2/c1-6-18-40(19-7-1)42-29-33-46(34-30-42)53(47-35-31-43(32-36-47)41-20-8-2-9-21-41)51-28-15-26-49-48(25-14-27-50(49)51)44-22-13-17-39(38-44)16-5-4-12-37-52-45-23-10-3-11-24-45/h1-11,13-15,17-38H,12,16H2/b5-4-,52-37?. The molecule has 0 atom stereocenters. The van der Waals surface area contributed by atoms with Crippen LogP contribution in [0.1, 0.15) is 12.0 Å². The van der Waals surface area contributed by atoms with E-state index in [9.17, 15) is 0 Å². The fourth-order valence-corrected chi connectivity index (χ4v) is 6.95. The highest BCUT2D eigenvalue weighted by Gasteiger charge is 2.17. The summed E-state index contributed by atoms with van der Waals surface area (Å²) in [5, 5.41) is 2.42. The van der Waals surface area contributed by atoms with Crippen LogP contribution in [0.2, 0.25) is 0 Å². The monoisotopic (exact) mass is 680 g/mol. The fraction of sp³-hybridized carbons (Fsp3) is 0.0392. The maximum absolute atomic E-state index is 4.54. The first-order valence-electron chi connectivity index (χ1n) is 18.2. The third-order valence-electron chi connectivity index (χ3n) is 9.60. The summed E-state index contributed by atoms with van der Waals surface area (Å²) < 4.78 is 0. The molecule has 0 saturated heterocycles. The molecule has 0 N–H and O–H groups in total. The first-order chi connectivity index (χ1) is 26.3. The summed E-state index contributed by atoms with van der Waals surface area (Å²) in [4.78, 5) is 6.93. The summed E-state index contributed by atoms with van der Waals surface area (Å²) in [5.74, 6) is 0. The highest BCUT2D eigenvalue weighted by atomic mass is 15.1. The van der Waals surface area contributed by atoms with Gasteiger partial charge in [-0.25, -0.2) is 0 Å². The Balaban J connectivity index is 1.12. The van der Waals surface area contributed by atoms with Crippen molar-refractivity contribution in [1.29, 1.82) is 0 Å². The SMILES string of the molecule is C(C/C=C\Cc1cccc(-c2cccc3c(N(c4ccc(-c5ccccc5)cc4)c4ccc(-c5ccccc5)cc4)cccc23)c1)=Nc1ccccc1. The molecule has 0 amide bonds. The van der Waals surface area contributed by atoms with Crippen molar-refractivity contribution in [3.63, 3.8) is 0 Å². The molecule has 53 heavy (non-hydrogen) atoms. The molecule has 2 nitrogen and oxygen atoms in total. The Hall–Kier alpha value is -6.77. The van der Waals surface area contributed by atoms with Crippen LogP contribution in [0.3, 0.4) is 0 Å². The van der Waals surface area contributed by atoms with Crippen LogP contribution in [-0.4, -0.2) is 6.21 Å². The summed E-state index contributed by atoms with van der Waals surface area (Å²) in [6.07, 6.45) is 8.07. The van der Waals surface area contributed by atoms with Crippen molar-refractivity contribution in [2.75, 3.05) is 4.90 Å². The number of benzene rings is 8. The highest BCUT2D eigenvalue weighted by molar-refractivity contribution is 6.05. The van der Waals surface area contributed by atoms with Crippen LogP contribution in [0.15, 0.2) is 217 Å². The minimum atomic E-state index is 0.807. The lowest BCUT2D eigenvalue weighted by molar-refractivity contribution is 1.25. The summed E-state index contributed by atoms with van der Waals surface area (Å²) in [6, 6.07) is 71.4. The van der Waals surface area contributed by atoms with E-state index in [2.05, 4.69) is 192 Å². The van der Waals surface area contributed by atoms with Crippen molar-refractivity contribution < 1.29 is 0 Å². The van der Waals surface area contributed by atoms with E-state index in [1.54, 1.807) is 0 Å². The Bertz CT molecular complexity index is 2380. The molecular weight excluding hydrogens is 641 g/mol. The zero-order chi connectivity index (χ0) is 35.7. The smallest absolute Gasteiger partial charge is 0.0625 e. The zero-order valence-electron chi connectivity index (χ0n) is 29.6. The van der Waals surface area contributed by atoms with Gasteiger partial charge in [0.2, 0.25) is 0 Å². The summed E-state index contributed by atoms with van der Waals surface area (Å²) >= 11 is 0. The molecule has 8 aromatic rings. The Morgan fingerprint density at radius 3 is 1.58 bits per heavy atom. The molecule has 8 aromatic carbocycles. The molecule has 0 radical (unpaired) electrons. The van der Waals surface area contributed by atoms with Crippen molar-refractivity contribution in [3.8, 4) is 33.4 Å². The molecule has 2 heteroatoms. The molecule has 0 aromatic heterocycles. The highest BCUT2D eigenvalue weighted by Crippen LogP contribution is 2.42. The lowest BCUT2D eigenvalue weighted by Crippen LogP contribution is -2.10. The van der Waals surface area contributed by atoms with Gasteiger partial charge >= 0.3 is 0 Å². The van der Waals surface area contributed by atoms with Gasteiger partial charge in [-0.05, 0) is 93.2 Å². The van der Waals surface area contributed by atoms with Gasteiger partial charge < -0.3 is 4.90 Å². The topological polar surface area (TPSA) is 15.6 Å². The van der Waals surface area contributed by atoms with Crippen LogP contribution in [0.25, 0.3) is 44.2 Å². The third-order valence-corrected chi connectivity index (χ3v) is 9.60. The molecule has 0 bridgehead atoms. The van der Waals surface area contributed by atoms with E-state index < -0.39 is 0 Å². The Kier molecular flexibility index (Phi) is 10.1. The largest absolute Gasteiger partial charge is 0.310 e. The third kappa shape index (κ3) is 7.78. The molecule has 254 valence electrons. The van der Waals surface area contributed by atoms with Gasteiger partial charge in [0.1, 0.15) is 0 Å². The first-order valence-corrected chi connectivity index (χ1v) is 18.2. The van der Waals surface area contributed by atoms with Gasteiger partial charge in [0.05, 0.1) is 11.4 Å². The van der Waals surface area contributed by atoms with Gasteiger partial charge in [-0.3, -0.25) is 4.99 Å². The predicted octanol–water partition coefficient (Wildman–Crippen LogP) is 14.2. The van der Waals surface area contributed by atoms with E-state index in [4.69, 9.17) is 0 Å². The van der Waals surface area contributed by atoms with Crippen molar-refractivity contribution in [1.82, 2.24) is 0 Å². The van der Waals surface area contributed by atoms with E-state index >= 15 is 0 Å². The summed E-state index contributed by atoms with van der Waals surface area (Å²) in [7, 11) is 0. The van der Waals surface area contributed by atoms with E-state index in [-0.39, 0.29) is 0 Å². The lowest BCUT2D eigenvalue weighted by Gasteiger charge is -2.27. The number of hydrogen-bond acceptors (Lipinski definition) is 2. The van der Waals surface area contributed by atoms with Gasteiger partial charge in [-0.1, -0.05) is 170 Å². The average Bonchev–Trinajstić information content (AvgIpc) is 3.24. The normalized spacial score (nSPS) is 11.4. The van der Waals surface area contributed by atoms with Gasteiger partial charge in [-0.15, -0.1) is 0 Å². The zero-order valence-corrected chi connectivity index (χ0v) is 29.6. The quantitative estimate of drug-likeness (QED) is 0.0981. The van der Waals surface area contributed by atoms with Gasteiger partial charge in [0.15, 0.2) is 0 Å². The number of anilines is 3. The second-order valence-electron chi connectivity index (χ2n) is 13.1. The number of nitrogens with zero attached hydrogens (tertiary/aromatic N) is 2. The lowest BCUT2D eigenvalue weighted by atomic mass is 9.95. The van der Waals surface area contributed by atoms with Crippen molar-refractivity contribution in [2.45, 2.75) is 12.8 Å². The Morgan fingerprint density at radius 2 is 0.943 bits per heavy atom. The minimum Gasteiger partial charge on any atom is -0.310 e. The van der Waals surface area contributed by atoms with E-state index in [0.29, 0.717) is 0 Å². The van der Waals surface area contributed by atoms with Crippen molar-refractivity contribution in [2.24, 2.45) is 4.99 Å². The summed E-state index contributed by atoms with van der Waals surface area (Å²) in [5.41, 5.74) is 12.9. The molecule has 0 aliphatic heterocycles. The second kappa shape index (κ2) is 16.1. The Labute approximate surface area is 312 Å². The van der Waals surface area contributed by atoms with Crippen LogP contribution < -0.4 is 4.90 Å². The molecule has 0 fully saturated rings. The number of aliphatic imine (C=N–C) groups is 1. The summed E-state index contributed by atoms with van der Waals surface area (Å²) in [6.45, 7) is 0. The molecule has 0 spiro atoms. The fourth-order valence-electron chi connectivity index (χ4n) is 6.95. The number of allylic oxidation sites excluding steroid dienone is 2. The molecule has 0 saturated carbocycles.